The van der Waals surface area contributed by atoms with Gasteiger partial charge in [0.2, 0.25) is 5.43 Å². The van der Waals surface area contributed by atoms with Crippen LogP contribution in [-0.4, -0.2) is 41.5 Å². The Balaban J connectivity index is 1.69. The van der Waals surface area contributed by atoms with Crippen LogP contribution in [0.3, 0.4) is 0 Å². The van der Waals surface area contributed by atoms with Crippen LogP contribution in [0.25, 0.3) is 0 Å². The van der Waals surface area contributed by atoms with Crippen molar-refractivity contribution in [2.24, 2.45) is 5.92 Å². The molecule has 164 valence electrons. The minimum Gasteiger partial charge on any atom is -0.491 e. The molecule has 3 heterocycles. The van der Waals surface area contributed by atoms with Gasteiger partial charge >= 0.3 is 0 Å². The topological polar surface area (TPSA) is 80.6 Å². The third-order valence-corrected chi connectivity index (χ3v) is 5.93. The number of methoxy groups -OCH3 is 1. The van der Waals surface area contributed by atoms with Crippen LogP contribution in [0.15, 0.2) is 29.2 Å². The van der Waals surface area contributed by atoms with E-state index in [0.717, 1.165) is 25.0 Å². The number of amides is 2. The first-order valence-electron chi connectivity index (χ1n) is 10.1. The van der Waals surface area contributed by atoms with Crippen LogP contribution < -0.4 is 15.5 Å². The average Bonchev–Trinajstić information content (AvgIpc) is 2.91. The van der Waals surface area contributed by atoms with Gasteiger partial charge in [-0.05, 0) is 24.8 Å². The van der Waals surface area contributed by atoms with Crippen molar-refractivity contribution >= 4 is 11.8 Å². The second-order valence-electron chi connectivity index (χ2n) is 8.13. The minimum absolute atomic E-state index is 0.0757. The van der Waals surface area contributed by atoms with Gasteiger partial charge in [0.05, 0.1) is 13.2 Å². The maximum Gasteiger partial charge on any atom is 0.274 e. The van der Waals surface area contributed by atoms with E-state index in [0.29, 0.717) is 19.0 Å². The molecule has 31 heavy (non-hydrogen) atoms. The Bertz CT molecular complexity index is 1110. The predicted octanol–water partition coefficient (Wildman–Crippen LogP) is 2.49. The molecule has 1 fully saturated rings. The van der Waals surface area contributed by atoms with Crippen molar-refractivity contribution in [2.45, 2.75) is 32.4 Å². The number of ether oxygens (including phenoxy) is 1. The number of nitrogens with one attached hydrogen (secondary N) is 1. The van der Waals surface area contributed by atoms with Crippen molar-refractivity contribution < 1.29 is 23.1 Å². The van der Waals surface area contributed by atoms with Crippen molar-refractivity contribution in [3.8, 4) is 5.75 Å². The fourth-order valence-electron chi connectivity index (χ4n) is 4.30. The zero-order chi connectivity index (χ0) is 22.3. The van der Waals surface area contributed by atoms with Crippen LogP contribution in [0, 0.1) is 17.6 Å². The van der Waals surface area contributed by atoms with Gasteiger partial charge in [0.25, 0.3) is 11.8 Å². The molecule has 2 atom stereocenters. The zero-order valence-corrected chi connectivity index (χ0v) is 17.3. The van der Waals surface area contributed by atoms with Crippen LogP contribution in [0.5, 0.6) is 5.75 Å². The summed E-state index contributed by atoms with van der Waals surface area (Å²) in [5, 5.41) is 2.50. The molecular weight excluding hydrogens is 408 g/mol. The average molecular weight is 431 g/mol. The molecule has 2 aromatic rings. The lowest BCUT2D eigenvalue weighted by Crippen LogP contribution is -2.45. The number of carbonyl (C=O) groups excluding carboxylic acids is 2. The zero-order valence-electron chi connectivity index (χ0n) is 17.3. The van der Waals surface area contributed by atoms with Crippen LogP contribution in [-0.2, 0) is 6.54 Å². The number of aromatic nitrogens is 1. The molecule has 2 aliphatic rings. The maximum absolute atomic E-state index is 13.9. The largest absolute Gasteiger partial charge is 0.491 e. The van der Waals surface area contributed by atoms with Gasteiger partial charge in [-0.3, -0.25) is 14.4 Å². The van der Waals surface area contributed by atoms with E-state index in [2.05, 4.69) is 12.2 Å². The summed E-state index contributed by atoms with van der Waals surface area (Å²) < 4.78 is 33.9. The van der Waals surface area contributed by atoms with Crippen LogP contribution in [0.2, 0.25) is 0 Å². The van der Waals surface area contributed by atoms with Crippen molar-refractivity contribution in [2.75, 3.05) is 20.2 Å². The number of hydrogen-bond donors (Lipinski definition) is 1. The fourth-order valence-corrected chi connectivity index (χ4v) is 4.30. The molecule has 2 aliphatic heterocycles. The first-order chi connectivity index (χ1) is 14.8. The molecule has 0 spiro atoms. The number of halogens is 2. The van der Waals surface area contributed by atoms with E-state index in [4.69, 9.17) is 4.74 Å². The van der Waals surface area contributed by atoms with Gasteiger partial charge in [-0.2, -0.15) is 0 Å². The summed E-state index contributed by atoms with van der Waals surface area (Å²) >= 11 is 0. The van der Waals surface area contributed by atoms with Crippen LogP contribution >= 0.6 is 0 Å². The molecule has 0 saturated carbocycles. The monoisotopic (exact) mass is 431 g/mol. The molecule has 2 bridgehead atoms. The van der Waals surface area contributed by atoms with Crippen LogP contribution in [0.1, 0.15) is 52.2 Å². The van der Waals surface area contributed by atoms with E-state index in [9.17, 15) is 23.2 Å². The molecule has 9 heteroatoms. The van der Waals surface area contributed by atoms with Gasteiger partial charge < -0.3 is 19.5 Å². The Morgan fingerprint density at radius 1 is 1.23 bits per heavy atom. The third-order valence-electron chi connectivity index (χ3n) is 5.93. The molecule has 1 saturated heterocycles. The third kappa shape index (κ3) is 3.80. The van der Waals surface area contributed by atoms with Crippen molar-refractivity contribution in [1.29, 1.82) is 0 Å². The Hall–Kier alpha value is -3.23. The van der Waals surface area contributed by atoms with Gasteiger partial charge in [0.15, 0.2) is 11.4 Å². The quantitative estimate of drug-likeness (QED) is 0.807. The second-order valence-corrected chi connectivity index (χ2v) is 8.13. The molecule has 0 aliphatic carbocycles. The standard InChI is InChI=1S/C22H23F2N3O4/c1-12-3-6-15-10-26(9-12)22(30)18-20(31-2)19(28)16(11-27(15)18)21(29)25-8-13-4-5-14(23)7-17(13)24/h4-5,7,11-12,15H,3,6,8-10H2,1-2H3,(H,25,29). The smallest absolute Gasteiger partial charge is 0.274 e. The summed E-state index contributed by atoms with van der Waals surface area (Å²) in [6.45, 7) is 2.97. The lowest BCUT2D eigenvalue weighted by Gasteiger charge is -2.35. The molecule has 1 N–H and O–H groups in total. The molecule has 7 nitrogen and oxygen atoms in total. The summed E-state index contributed by atoms with van der Waals surface area (Å²) in [5.41, 5.74) is -0.656. The van der Waals surface area contributed by atoms with E-state index in [1.165, 1.54) is 19.4 Å². The van der Waals surface area contributed by atoms with Gasteiger partial charge in [-0.1, -0.05) is 13.0 Å². The summed E-state index contributed by atoms with van der Waals surface area (Å²) in [6.07, 6.45) is 3.10. The van der Waals surface area contributed by atoms with Crippen LogP contribution in [0.4, 0.5) is 8.78 Å². The first-order valence-corrected chi connectivity index (χ1v) is 10.1. The van der Waals surface area contributed by atoms with Gasteiger partial charge in [-0.15, -0.1) is 0 Å². The van der Waals surface area contributed by atoms with Gasteiger partial charge in [0, 0.05) is 37.5 Å². The predicted molar refractivity (Wildman–Crippen MR) is 108 cm³/mol. The van der Waals surface area contributed by atoms with E-state index in [-0.39, 0.29) is 41.1 Å². The van der Waals surface area contributed by atoms with Gasteiger partial charge in [0.1, 0.15) is 17.2 Å². The Morgan fingerprint density at radius 3 is 2.71 bits per heavy atom. The Morgan fingerprint density at radius 2 is 2.00 bits per heavy atom. The van der Waals surface area contributed by atoms with E-state index >= 15 is 0 Å². The Labute approximate surface area is 177 Å². The highest BCUT2D eigenvalue weighted by molar-refractivity contribution is 5.99. The highest BCUT2D eigenvalue weighted by Gasteiger charge is 2.38. The maximum atomic E-state index is 13.9. The second kappa shape index (κ2) is 8.13. The fraction of sp³-hybridized carbons (Fsp3) is 0.409. The highest BCUT2D eigenvalue weighted by atomic mass is 19.1. The number of nitrogens with zero attached hydrogens (tertiary/aromatic N) is 2. The summed E-state index contributed by atoms with van der Waals surface area (Å²) in [5.74, 6) is -2.37. The molecule has 1 aromatic heterocycles. The number of benzene rings is 1. The van der Waals surface area contributed by atoms with Crippen molar-refractivity contribution in [3.05, 3.63) is 63.1 Å². The Kier molecular flexibility index (Phi) is 5.51. The number of hydrogen-bond acceptors (Lipinski definition) is 4. The molecule has 0 radical (unpaired) electrons. The number of pyridine rings is 1. The first kappa shape index (κ1) is 21.0. The number of rotatable bonds is 4. The summed E-state index contributed by atoms with van der Waals surface area (Å²) in [7, 11) is 1.29. The molecule has 2 unspecified atom stereocenters. The normalized spacial score (nSPS) is 20.1. The van der Waals surface area contributed by atoms with E-state index < -0.39 is 23.0 Å². The SMILES string of the molecule is COc1c2n(cc(C(=O)NCc3ccc(F)cc3F)c1=O)C1CCC(C)CN(C1)C2=O. The molecule has 2 amide bonds. The van der Waals surface area contributed by atoms with Crippen molar-refractivity contribution in [3.63, 3.8) is 0 Å². The number of fused-ring (bicyclic) bond motifs is 4. The molecule has 1 aromatic carbocycles. The van der Waals surface area contributed by atoms with E-state index in [1.807, 2.05) is 0 Å². The van der Waals surface area contributed by atoms with Crippen molar-refractivity contribution in [1.82, 2.24) is 14.8 Å². The lowest BCUT2D eigenvalue weighted by molar-refractivity contribution is 0.0661. The highest BCUT2D eigenvalue weighted by Crippen LogP contribution is 2.33. The van der Waals surface area contributed by atoms with Gasteiger partial charge in [-0.25, -0.2) is 8.78 Å². The minimum atomic E-state index is -0.793. The number of carbonyl (C=O) groups is 2. The van der Waals surface area contributed by atoms with E-state index in [1.54, 1.807) is 9.47 Å². The molecular formula is C22H23F2N3O4. The lowest BCUT2D eigenvalue weighted by atomic mass is 10.0. The molecule has 4 rings (SSSR count). The summed E-state index contributed by atoms with van der Waals surface area (Å²) in [4.78, 5) is 40.5. The summed E-state index contributed by atoms with van der Waals surface area (Å²) in [6, 6.07) is 2.97.